The summed E-state index contributed by atoms with van der Waals surface area (Å²) in [5, 5.41) is 10.4. The highest BCUT2D eigenvalue weighted by Crippen LogP contribution is 2.30. The molecule has 0 unspecified atom stereocenters. The molecule has 0 saturated carbocycles. The lowest BCUT2D eigenvalue weighted by Crippen LogP contribution is -2.15. The fourth-order valence-corrected chi connectivity index (χ4v) is 2.28. The Bertz CT molecular complexity index is 943. The number of carbonyl (C=O) groups excluding carboxylic acids is 1. The third-order valence-corrected chi connectivity index (χ3v) is 3.49. The lowest BCUT2D eigenvalue weighted by atomic mass is 10.1. The molecule has 0 spiro atoms. The molecule has 1 aromatic heterocycles. The van der Waals surface area contributed by atoms with Gasteiger partial charge in [-0.25, -0.2) is 9.59 Å². The van der Waals surface area contributed by atoms with Crippen molar-refractivity contribution in [3.05, 3.63) is 70.1 Å². The van der Waals surface area contributed by atoms with Crippen LogP contribution >= 0.6 is 0 Å². The second-order valence-corrected chi connectivity index (χ2v) is 5.04. The van der Waals surface area contributed by atoms with E-state index in [9.17, 15) is 14.7 Å². The first-order valence-corrected chi connectivity index (χ1v) is 7.15. The van der Waals surface area contributed by atoms with Crippen molar-refractivity contribution in [3.63, 3.8) is 0 Å². The zero-order valence-electron chi connectivity index (χ0n) is 12.8. The number of benzene rings is 2. The van der Waals surface area contributed by atoms with Crippen LogP contribution in [0.4, 0.5) is 0 Å². The van der Waals surface area contributed by atoms with Gasteiger partial charge in [-0.2, -0.15) is 0 Å². The Morgan fingerprint density at radius 1 is 1.17 bits per heavy atom. The molecule has 2 aromatic carbocycles. The van der Waals surface area contributed by atoms with E-state index < -0.39 is 22.9 Å². The molecule has 0 saturated heterocycles. The van der Waals surface area contributed by atoms with Gasteiger partial charge in [-0.05, 0) is 23.8 Å². The van der Waals surface area contributed by atoms with Gasteiger partial charge in [0.15, 0.2) is 5.56 Å². The van der Waals surface area contributed by atoms with Crippen molar-refractivity contribution in [2.24, 2.45) is 0 Å². The van der Waals surface area contributed by atoms with Crippen LogP contribution in [0.15, 0.2) is 57.7 Å². The molecule has 0 amide bonds. The van der Waals surface area contributed by atoms with Crippen LogP contribution in [-0.4, -0.2) is 18.2 Å². The Kier molecular flexibility index (Phi) is 4.20. The van der Waals surface area contributed by atoms with Crippen molar-refractivity contribution in [3.8, 4) is 11.5 Å². The van der Waals surface area contributed by atoms with Crippen molar-refractivity contribution in [2.45, 2.75) is 6.61 Å². The lowest BCUT2D eigenvalue weighted by Gasteiger charge is -2.09. The predicted octanol–water partition coefficient (Wildman–Crippen LogP) is 2.86. The summed E-state index contributed by atoms with van der Waals surface area (Å²) in [4.78, 5) is 23.4. The first-order valence-electron chi connectivity index (χ1n) is 7.15. The molecule has 0 fully saturated rings. The molecular weight excluding hydrogens is 312 g/mol. The van der Waals surface area contributed by atoms with Crippen LogP contribution in [0.3, 0.4) is 0 Å². The molecule has 0 aliphatic carbocycles. The summed E-state index contributed by atoms with van der Waals surface area (Å²) in [5.41, 5.74) is -0.358. The predicted molar refractivity (Wildman–Crippen MR) is 86.3 cm³/mol. The molecule has 0 atom stereocenters. The van der Waals surface area contributed by atoms with Crippen LogP contribution < -0.4 is 10.4 Å². The Morgan fingerprint density at radius 2 is 1.92 bits per heavy atom. The summed E-state index contributed by atoms with van der Waals surface area (Å²) in [6, 6.07) is 14.2. The van der Waals surface area contributed by atoms with Crippen LogP contribution in [0, 0.1) is 0 Å². The van der Waals surface area contributed by atoms with E-state index in [2.05, 4.69) is 4.74 Å². The maximum absolute atomic E-state index is 11.8. The number of methoxy groups -OCH3 is 1. The van der Waals surface area contributed by atoms with Crippen molar-refractivity contribution in [1.82, 2.24) is 0 Å². The van der Waals surface area contributed by atoms with Gasteiger partial charge in [0.05, 0.1) is 12.5 Å². The molecule has 3 aromatic rings. The van der Waals surface area contributed by atoms with Crippen molar-refractivity contribution in [1.29, 1.82) is 0 Å². The number of fused-ring (bicyclic) bond motifs is 1. The molecule has 6 nitrogen and oxygen atoms in total. The summed E-state index contributed by atoms with van der Waals surface area (Å²) in [5.74, 6) is -0.983. The molecule has 122 valence electrons. The average Bonchev–Trinajstić information content (AvgIpc) is 2.61. The third kappa shape index (κ3) is 2.94. The summed E-state index contributed by atoms with van der Waals surface area (Å²) in [7, 11) is 1.12. The zero-order valence-corrected chi connectivity index (χ0v) is 12.8. The second-order valence-electron chi connectivity index (χ2n) is 5.04. The minimum atomic E-state index is -0.959. The second kappa shape index (κ2) is 6.45. The minimum Gasteiger partial charge on any atom is -0.506 e. The van der Waals surface area contributed by atoms with Gasteiger partial charge in [-0.1, -0.05) is 30.3 Å². The van der Waals surface area contributed by atoms with Crippen LogP contribution in [-0.2, 0) is 11.3 Å². The smallest absolute Gasteiger partial charge is 0.354 e. The molecule has 1 N–H and O–H groups in total. The largest absolute Gasteiger partial charge is 0.506 e. The fraction of sp³-hybridized carbons (Fsp3) is 0.111. The zero-order chi connectivity index (χ0) is 17.1. The van der Waals surface area contributed by atoms with Gasteiger partial charge < -0.3 is 19.0 Å². The van der Waals surface area contributed by atoms with Gasteiger partial charge in [0.25, 0.3) is 0 Å². The first-order chi connectivity index (χ1) is 11.6. The fourth-order valence-electron chi connectivity index (χ4n) is 2.28. The maximum Gasteiger partial charge on any atom is 0.354 e. The Labute approximate surface area is 136 Å². The van der Waals surface area contributed by atoms with Gasteiger partial charge in [0.1, 0.15) is 23.7 Å². The van der Waals surface area contributed by atoms with Crippen LogP contribution in [0.2, 0.25) is 0 Å². The Balaban J connectivity index is 1.97. The Hall–Kier alpha value is -3.28. The van der Waals surface area contributed by atoms with E-state index in [1.165, 1.54) is 12.1 Å². The molecule has 0 aliphatic heterocycles. The van der Waals surface area contributed by atoms with Crippen LogP contribution in [0.25, 0.3) is 11.0 Å². The molecule has 3 rings (SSSR count). The number of hydrogen-bond donors (Lipinski definition) is 1. The first kappa shape index (κ1) is 15.6. The van der Waals surface area contributed by atoms with Gasteiger partial charge in [-0.3, -0.25) is 0 Å². The average molecular weight is 326 g/mol. The van der Waals surface area contributed by atoms with E-state index in [0.29, 0.717) is 12.4 Å². The molecule has 0 bridgehead atoms. The monoisotopic (exact) mass is 326 g/mol. The SMILES string of the molecule is COC(=O)c1c(O)c2cc(OCc3ccccc3)ccc2oc1=O. The normalized spacial score (nSPS) is 10.5. The topological polar surface area (TPSA) is 86.0 Å². The van der Waals surface area contributed by atoms with E-state index >= 15 is 0 Å². The lowest BCUT2D eigenvalue weighted by molar-refractivity contribution is 0.0592. The molecule has 6 heteroatoms. The van der Waals surface area contributed by atoms with Crippen LogP contribution in [0.1, 0.15) is 15.9 Å². The third-order valence-electron chi connectivity index (χ3n) is 3.49. The standard InChI is InChI=1S/C18H14O6/c1-22-17(20)15-16(19)13-9-12(7-8-14(13)24-18(15)21)23-10-11-5-3-2-4-6-11/h2-9,19H,10H2,1H3. The highest BCUT2D eigenvalue weighted by molar-refractivity contribution is 5.98. The molecule has 24 heavy (non-hydrogen) atoms. The van der Waals surface area contributed by atoms with Gasteiger partial charge >= 0.3 is 11.6 Å². The van der Waals surface area contributed by atoms with Crippen molar-refractivity contribution in [2.75, 3.05) is 7.11 Å². The van der Waals surface area contributed by atoms with E-state index in [0.717, 1.165) is 12.7 Å². The molecule has 1 heterocycles. The summed E-state index contributed by atoms with van der Waals surface area (Å²) >= 11 is 0. The van der Waals surface area contributed by atoms with Gasteiger partial charge in [-0.15, -0.1) is 0 Å². The number of rotatable bonds is 4. The highest BCUT2D eigenvalue weighted by Gasteiger charge is 2.21. The molecular formula is C18H14O6. The minimum absolute atomic E-state index is 0.150. The number of aromatic hydroxyl groups is 1. The van der Waals surface area contributed by atoms with E-state index in [-0.39, 0.29) is 11.0 Å². The van der Waals surface area contributed by atoms with Crippen molar-refractivity contribution >= 4 is 16.9 Å². The van der Waals surface area contributed by atoms with E-state index in [1.54, 1.807) is 6.07 Å². The number of esters is 1. The van der Waals surface area contributed by atoms with Gasteiger partial charge in [0.2, 0.25) is 0 Å². The van der Waals surface area contributed by atoms with E-state index in [1.807, 2.05) is 30.3 Å². The van der Waals surface area contributed by atoms with Crippen LogP contribution in [0.5, 0.6) is 11.5 Å². The maximum atomic E-state index is 11.8. The highest BCUT2D eigenvalue weighted by atomic mass is 16.5. The van der Waals surface area contributed by atoms with Crippen molar-refractivity contribution < 1.29 is 23.8 Å². The summed E-state index contributed by atoms with van der Waals surface area (Å²) in [6.07, 6.45) is 0. The molecule has 0 aliphatic rings. The molecule has 0 radical (unpaired) electrons. The number of hydrogen-bond acceptors (Lipinski definition) is 6. The van der Waals surface area contributed by atoms with Gasteiger partial charge in [0, 0.05) is 0 Å². The number of ether oxygens (including phenoxy) is 2. The summed E-state index contributed by atoms with van der Waals surface area (Å²) in [6.45, 7) is 0.341. The Morgan fingerprint density at radius 3 is 2.62 bits per heavy atom. The summed E-state index contributed by atoms with van der Waals surface area (Å²) < 4.78 is 15.2. The number of carbonyl (C=O) groups is 1. The quantitative estimate of drug-likeness (QED) is 0.586. The van der Waals surface area contributed by atoms with E-state index in [4.69, 9.17) is 9.15 Å².